The Bertz CT molecular complexity index is 843. The molecule has 0 aliphatic carbocycles. The van der Waals surface area contributed by atoms with Crippen LogP contribution >= 0.6 is 11.6 Å². The Hall–Kier alpha value is -2.93. The van der Waals surface area contributed by atoms with E-state index in [0.717, 1.165) is 0 Å². The molecule has 0 heterocycles. The third-order valence-corrected chi connectivity index (χ3v) is 4.14. The van der Waals surface area contributed by atoms with Gasteiger partial charge in [-0.25, -0.2) is 4.79 Å². The number of rotatable bonds is 8. The standard InChI is InChI=1S/C20H22ClNO6/c1-5-8-28-20(24)12-6-7-14(21)15(9-12)22-19(23)13-10-16(25-2)18(27-4)17(11-13)26-3/h6-7,9-11H,5,8H2,1-4H3,(H,22,23). The minimum absolute atomic E-state index is 0.268. The van der Waals surface area contributed by atoms with Crippen molar-refractivity contribution in [3.05, 3.63) is 46.5 Å². The Morgan fingerprint density at radius 3 is 2.14 bits per heavy atom. The highest BCUT2D eigenvalue weighted by Gasteiger charge is 2.18. The molecule has 1 amide bonds. The third-order valence-electron chi connectivity index (χ3n) is 3.81. The number of methoxy groups -OCH3 is 3. The number of ether oxygens (including phenoxy) is 4. The van der Waals surface area contributed by atoms with Gasteiger partial charge in [-0.05, 0) is 36.8 Å². The van der Waals surface area contributed by atoms with Crippen LogP contribution in [0.15, 0.2) is 30.3 Å². The van der Waals surface area contributed by atoms with Crippen LogP contribution in [0.2, 0.25) is 5.02 Å². The lowest BCUT2D eigenvalue weighted by Gasteiger charge is -2.14. The first-order valence-electron chi connectivity index (χ1n) is 8.53. The second kappa shape index (κ2) is 9.85. The summed E-state index contributed by atoms with van der Waals surface area (Å²) in [5, 5.41) is 2.97. The molecule has 28 heavy (non-hydrogen) atoms. The maximum Gasteiger partial charge on any atom is 0.338 e. The van der Waals surface area contributed by atoms with Gasteiger partial charge < -0.3 is 24.3 Å². The second-order valence-corrected chi connectivity index (χ2v) is 6.11. The zero-order chi connectivity index (χ0) is 20.7. The first-order valence-corrected chi connectivity index (χ1v) is 8.90. The number of halogens is 1. The number of hydrogen-bond donors (Lipinski definition) is 1. The zero-order valence-corrected chi connectivity index (χ0v) is 16.9. The molecule has 2 aromatic carbocycles. The average molecular weight is 408 g/mol. The van der Waals surface area contributed by atoms with Crippen LogP contribution in [0.5, 0.6) is 17.2 Å². The van der Waals surface area contributed by atoms with Gasteiger partial charge in [0.05, 0.1) is 44.2 Å². The molecule has 0 radical (unpaired) electrons. The lowest BCUT2D eigenvalue weighted by molar-refractivity contribution is 0.0505. The molecule has 150 valence electrons. The highest BCUT2D eigenvalue weighted by atomic mass is 35.5. The Morgan fingerprint density at radius 2 is 1.61 bits per heavy atom. The topological polar surface area (TPSA) is 83.1 Å². The van der Waals surface area contributed by atoms with E-state index in [1.165, 1.54) is 51.7 Å². The molecule has 1 N–H and O–H groups in total. The summed E-state index contributed by atoms with van der Waals surface area (Å²) in [6.07, 6.45) is 0.712. The lowest BCUT2D eigenvalue weighted by atomic mass is 10.1. The second-order valence-electron chi connectivity index (χ2n) is 5.70. The zero-order valence-electron chi connectivity index (χ0n) is 16.1. The van der Waals surface area contributed by atoms with Gasteiger partial charge >= 0.3 is 5.97 Å². The van der Waals surface area contributed by atoms with Crippen molar-refractivity contribution < 1.29 is 28.5 Å². The van der Waals surface area contributed by atoms with E-state index >= 15 is 0 Å². The van der Waals surface area contributed by atoms with Gasteiger partial charge in [-0.15, -0.1) is 0 Å². The number of hydrogen-bond acceptors (Lipinski definition) is 6. The number of anilines is 1. The summed E-state index contributed by atoms with van der Waals surface area (Å²) in [5.74, 6) is 0.118. The van der Waals surface area contributed by atoms with Crippen molar-refractivity contribution in [2.75, 3.05) is 33.3 Å². The van der Waals surface area contributed by atoms with Gasteiger partial charge in [0.15, 0.2) is 11.5 Å². The molecule has 7 nitrogen and oxygen atoms in total. The number of amides is 1. The number of nitrogens with one attached hydrogen (secondary N) is 1. The first kappa shape index (κ1) is 21.4. The van der Waals surface area contributed by atoms with Crippen molar-refractivity contribution in [2.24, 2.45) is 0 Å². The Morgan fingerprint density at radius 1 is 0.964 bits per heavy atom. The SMILES string of the molecule is CCCOC(=O)c1ccc(Cl)c(NC(=O)c2cc(OC)c(OC)c(OC)c2)c1. The predicted octanol–water partition coefficient (Wildman–Crippen LogP) is 4.18. The quantitative estimate of drug-likeness (QED) is 0.661. The van der Waals surface area contributed by atoms with Crippen molar-refractivity contribution in [1.82, 2.24) is 0 Å². The van der Waals surface area contributed by atoms with E-state index in [9.17, 15) is 9.59 Å². The Balaban J connectivity index is 2.31. The summed E-state index contributed by atoms with van der Waals surface area (Å²) in [7, 11) is 4.39. The van der Waals surface area contributed by atoms with Gasteiger partial charge in [0.1, 0.15) is 0 Å². The number of esters is 1. The molecule has 0 atom stereocenters. The van der Waals surface area contributed by atoms with Crippen molar-refractivity contribution in [3.63, 3.8) is 0 Å². The molecule has 0 saturated heterocycles. The molecule has 0 fully saturated rings. The number of carbonyl (C=O) groups is 2. The van der Waals surface area contributed by atoms with Crippen LogP contribution in [0.4, 0.5) is 5.69 Å². The van der Waals surface area contributed by atoms with Crippen LogP contribution in [-0.2, 0) is 4.74 Å². The fourth-order valence-corrected chi connectivity index (χ4v) is 2.60. The minimum Gasteiger partial charge on any atom is -0.493 e. The molecule has 2 rings (SSSR count). The van der Waals surface area contributed by atoms with E-state index in [1.54, 1.807) is 0 Å². The molecule has 0 spiro atoms. The molecule has 0 unspecified atom stereocenters. The summed E-state index contributed by atoms with van der Waals surface area (Å²) in [6, 6.07) is 7.56. The van der Waals surface area contributed by atoms with Gasteiger partial charge in [0.2, 0.25) is 5.75 Å². The van der Waals surface area contributed by atoms with Crippen molar-refractivity contribution in [1.29, 1.82) is 0 Å². The van der Waals surface area contributed by atoms with E-state index in [1.807, 2.05) is 6.92 Å². The molecule has 0 aromatic heterocycles. The average Bonchev–Trinajstić information content (AvgIpc) is 2.72. The lowest BCUT2D eigenvalue weighted by Crippen LogP contribution is -2.14. The summed E-state index contributed by atoms with van der Waals surface area (Å²) >= 11 is 6.17. The Labute approximate surface area is 168 Å². The molecular formula is C20H22ClNO6. The third kappa shape index (κ3) is 4.86. The van der Waals surface area contributed by atoms with Crippen LogP contribution in [0.1, 0.15) is 34.1 Å². The van der Waals surface area contributed by atoms with Gasteiger partial charge in [0.25, 0.3) is 5.91 Å². The normalized spacial score (nSPS) is 10.2. The molecule has 8 heteroatoms. The van der Waals surface area contributed by atoms with Crippen LogP contribution in [0.3, 0.4) is 0 Å². The fraction of sp³-hybridized carbons (Fsp3) is 0.300. The monoisotopic (exact) mass is 407 g/mol. The first-order chi connectivity index (χ1) is 13.4. The Kier molecular flexibility index (Phi) is 7.52. The largest absolute Gasteiger partial charge is 0.493 e. The van der Waals surface area contributed by atoms with Crippen LogP contribution in [0, 0.1) is 0 Å². The van der Waals surface area contributed by atoms with E-state index in [0.29, 0.717) is 30.3 Å². The minimum atomic E-state index is -0.484. The smallest absolute Gasteiger partial charge is 0.338 e. The van der Waals surface area contributed by atoms with Crippen LogP contribution in [0.25, 0.3) is 0 Å². The van der Waals surface area contributed by atoms with E-state index in [2.05, 4.69) is 5.32 Å². The predicted molar refractivity (Wildman–Crippen MR) is 106 cm³/mol. The highest BCUT2D eigenvalue weighted by Crippen LogP contribution is 2.38. The molecule has 0 aliphatic heterocycles. The highest BCUT2D eigenvalue weighted by molar-refractivity contribution is 6.34. The molecule has 2 aromatic rings. The maximum absolute atomic E-state index is 12.7. The van der Waals surface area contributed by atoms with Crippen LogP contribution < -0.4 is 19.5 Å². The molecule has 0 bridgehead atoms. The summed E-state index contributed by atoms with van der Waals surface area (Å²) in [6.45, 7) is 2.22. The van der Waals surface area contributed by atoms with Crippen molar-refractivity contribution in [3.8, 4) is 17.2 Å². The van der Waals surface area contributed by atoms with Crippen LogP contribution in [-0.4, -0.2) is 39.8 Å². The van der Waals surface area contributed by atoms with Crippen molar-refractivity contribution in [2.45, 2.75) is 13.3 Å². The maximum atomic E-state index is 12.7. The summed E-state index contributed by atoms with van der Waals surface area (Å²) in [5.41, 5.74) is 0.842. The van der Waals surface area contributed by atoms with Gasteiger partial charge in [-0.2, -0.15) is 0 Å². The van der Waals surface area contributed by atoms with Gasteiger partial charge in [-0.1, -0.05) is 18.5 Å². The van der Waals surface area contributed by atoms with E-state index < -0.39 is 11.9 Å². The van der Waals surface area contributed by atoms with Gasteiger partial charge in [-0.3, -0.25) is 4.79 Å². The molecule has 0 aliphatic rings. The summed E-state index contributed by atoms with van der Waals surface area (Å²) in [4.78, 5) is 24.8. The summed E-state index contributed by atoms with van der Waals surface area (Å²) < 4.78 is 20.9. The van der Waals surface area contributed by atoms with Gasteiger partial charge in [0, 0.05) is 5.56 Å². The van der Waals surface area contributed by atoms with E-state index in [4.69, 9.17) is 30.5 Å². The van der Waals surface area contributed by atoms with E-state index in [-0.39, 0.29) is 21.8 Å². The number of benzene rings is 2. The molecule has 0 saturated carbocycles. The fourth-order valence-electron chi connectivity index (χ4n) is 2.43. The van der Waals surface area contributed by atoms with Crippen molar-refractivity contribution >= 4 is 29.2 Å². The molecular weight excluding hydrogens is 386 g/mol. The number of carbonyl (C=O) groups excluding carboxylic acids is 2.